The monoisotopic (exact) mass is 685 g/mol. The molecule has 4 nitrogen and oxygen atoms in total. The zero-order valence-corrected chi connectivity index (χ0v) is 27.2. The summed E-state index contributed by atoms with van der Waals surface area (Å²) in [4.78, 5) is 13.0. The van der Waals surface area contributed by atoms with E-state index in [4.69, 9.17) is 9.15 Å². The summed E-state index contributed by atoms with van der Waals surface area (Å²) in [6, 6.07) is 18.2. The summed E-state index contributed by atoms with van der Waals surface area (Å²) >= 11 is 0. The first-order valence-corrected chi connectivity index (χ1v) is 17.2. The number of alkyl halides is 6. The Balaban J connectivity index is 0.915. The second-order valence-electron chi connectivity index (χ2n) is 13.7. The zero-order valence-electron chi connectivity index (χ0n) is 27.2. The molecular formula is C39H41F6NO3. The van der Waals surface area contributed by atoms with Crippen LogP contribution in [0.4, 0.5) is 26.3 Å². The van der Waals surface area contributed by atoms with Gasteiger partial charge in [-0.3, -0.25) is 4.79 Å². The van der Waals surface area contributed by atoms with Crippen molar-refractivity contribution in [2.45, 2.75) is 102 Å². The van der Waals surface area contributed by atoms with Gasteiger partial charge in [0.25, 0.3) is 5.91 Å². The lowest BCUT2D eigenvalue weighted by Crippen LogP contribution is -2.37. The van der Waals surface area contributed by atoms with Crippen LogP contribution >= 0.6 is 0 Å². The van der Waals surface area contributed by atoms with Gasteiger partial charge in [0.2, 0.25) is 0 Å². The van der Waals surface area contributed by atoms with Gasteiger partial charge in [0.1, 0.15) is 11.3 Å². The molecule has 0 spiro atoms. The molecule has 1 heterocycles. The fourth-order valence-electron chi connectivity index (χ4n) is 7.25. The molecule has 0 bridgehead atoms. The highest BCUT2D eigenvalue weighted by Crippen LogP contribution is 2.34. The van der Waals surface area contributed by atoms with Crippen LogP contribution in [0, 0.1) is 11.8 Å². The molecule has 4 aromatic rings. The Morgan fingerprint density at radius 1 is 0.673 bits per heavy atom. The highest BCUT2D eigenvalue weighted by Gasteiger charge is 2.31. The van der Waals surface area contributed by atoms with Crippen LogP contribution in [0.5, 0.6) is 5.75 Å². The Morgan fingerprint density at radius 2 is 1.18 bits per heavy atom. The Bertz CT molecular complexity index is 1680. The number of nitrogens with one attached hydrogen (secondary N) is 1. The number of furan rings is 1. The number of carbonyl (C=O) groups excluding carboxylic acids is 1. The lowest BCUT2D eigenvalue weighted by molar-refractivity contribution is -0.138. The SMILES string of the molecule is O=C(NC1CCC(CCc2ccc(C(F)(F)F)cc2)CC1)c1cc2cc(OC3CCC(CCc4ccc(C(F)(F)F)cc4)CC3)ccc2o1. The molecule has 10 heteroatoms. The van der Waals surface area contributed by atoms with Gasteiger partial charge in [-0.25, -0.2) is 0 Å². The molecule has 2 aliphatic carbocycles. The number of ether oxygens (including phenoxy) is 1. The van der Waals surface area contributed by atoms with E-state index in [0.29, 0.717) is 17.4 Å². The van der Waals surface area contributed by atoms with Crippen LogP contribution in [0.3, 0.4) is 0 Å². The van der Waals surface area contributed by atoms with Crippen LogP contribution in [-0.4, -0.2) is 18.1 Å². The van der Waals surface area contributed by atoms with Crippen molar-refractivity contribution in [1.82, 2.24) is 5.32 Å². The molecular weight excluding hydrogens is 644 g/mol. The number of amides is 1. The van der Waals surface area contributed by atoms with Crippen molar-refractivity contribution in [2.24, 2.45) is 11.8 Å². The molecule has 6 rings (SSSR count). The first-order valence-electron chi connectivity index (χ1n) is 17.2. The van der Waals surface area contributed by atoms with Crippen molar-refractivity contribution in [1.29, 1.82) is 0 Å². The molecule has 2 fully saturated rings. The third kappa shape index (κ3) is 9.40. The molecule has 1 amide bonds. The molecule has 2 saturated carbocycles. The third-order valence-electron chi connectivity index (χ3n) is 10.2. The van der Waals surface area contributed by atoms with E-state index in [1.165, 1.54) is 0 Å². The Morgan fingerprint density at radius 3 is 1.69 bits per heavy atom. The standard InChI is InChI=1S/C39H41F6NO3/c40-38(41,42)30-13-5-25(6-14-30)1-3-27-9-17-32(18-10-27)46-37(47)36-24-29-23-34(21-22-35(29)49-36)48-33-19-11-28(12-20-33)4-2-26-7-15-31(16-8-26)39(43,44)45/h5-8,13-16,21-24,27-28,32-33H,1-4,9-12,17-20H2,(H,46,47). The van der Waals surface area contributed by atoms with E-state index in [1.807, 2.05) is 18.2 Å². The van der Waals surface area contributed by atoms with Crippen molar-refractivity contribution in [3.05, 3.63) is 101 Å². The maximum absolute atomic E-state index is 13.0. The van der Waals surface area contributed by atoms with Gasteiger partial charge < -0.3 is 14.5 Å². The van der Waals surface area contributed by atoms with E-state index in [0.717, 1.165) is 124 Å². The van der Waals surface area contributed by atoms with Crippen molar-refractivity contribution >= 4 is 16.9 Å². The Kier molecular flexibility index (Phi) is 10.6. The topological polar surface area (TPSA) is 51.5 Å². The summed E-state index contributed by atoms with van der Waals surface area (Å²) in [7, 11) is 0. The zero-order chi connectivity index (χ0) is 34.6. The van der Waals surface area contributed by atoms with Crippen LogP contribution < -0.4 is 10.1 Å². The number of aryl methyl sites for hydroxylation is 2. The maximum atomic E-state index is 13.0. The molecule has 0 unspecified atom stereocenters. The molecule has 1 aromatic heterocycles. The van der Waals surface area contributed by atoms with E-state index in [9.17, 15) is 31.1 Å². The molecule has 3 aromatic carbocycles. The van der Waals surface area contributed by atoms with Crippen LogP contribution in [-0.2, 0) is 25.2 Å². The summed E-state index contributed by atoms with van der Waals surface area (Å²) in [5.41, 5.74) is 1.19. The lowest BCUT2D eigenvalue weighted by atomic mass is 9.82. The van der Waals surface area contributed by atoms with Gasteiger partial charge in [-0.05, 0) is 149 Å². The summed E-state index contributed by atoms with van der Waals surface area (Å²) in [5, 5.41) is 3.90. The average Bonchev–Trinajstić information content (AvgIpc) is 3.51. The predicted octanol–water partition coefficient (Wildman–Crippen LogP) is 11.0. The first kappa shape index (κ1) is 34.9. The average molecular weight is 686 g/mol. The highest BCUT2D eigenvalue weighted by atomic mass is 19.4. The number of hydrogen-bond donors (Lipinski definition) is 1. The largest absolute Gasteiger partial charge is 0.490 e. The number of halogens is 6. The van der Waals surface area contributed by atoms with Gasteiger partial charge >= 0.3 is 12.4 Å². The first-order chi connectivity index (χ1) is 23.4. The Hall–Kier alpha value is -3.95. The second-order valence-corrected chi connectivity index (χ2v) is 13.7. The molecule has 49 heavy (non-hydrogen) atoms. The molecule has 1 N–H and O–H groups in total. The van der Waals surface area contributed by atoms with E-state index >= 15 is 0 Å². The fraction of sp³-hybridized carbons (Fsp3) is 0.462. The van der Waals surface area contributed by atoms with Crippen molar-refractivity contribution < 1.29 is 40.3 Å². The fourth-order valence-corrected chi connectivity index (χ4v) is 7.25. The van der Waals surface area contributed by atoms with E-state index < -0.39 is 23.5 Å². The van der Waals surface area contributed by atoms with E-state index in [1.54, 1.807) is 30.3 Å². The quantitative estimate of drug-likeness (QED) is 0.169. The molecule has 0 atom stereocenters. The smallest absolute Gasteiger partial charge is 0.416 e. The van der Waals surface area contributed by atoms with Crippen LogP contribution in [0.15, 0.2) is 77.2 Å². The third-order valence-corrected chi connectivity index (χ3v) is 10.2. The number of carbonyl (C=O) groups is 1. The number of benzene rings is 3. The minimum Gasteiger partial charge on any atom is -0.490 e. The summed E-state index contributed by atoms with van der Waals surface area (Å²) in [6.45, 7) is 0. The van der Waals surface area contributed by atoms with Gasteiger partial charge in [0.15, 0.2) is 5.76 Å². The number of rotatable bonds is 10. The van der Waals surface area contributed by atoms with Gasteiger partial charge in [0, 0.05) is 11.4 Å². The molecule has 262 valence electrons. The highest BCUT2D eigenvalue weighted by molar-refractivity contribution is 5.96. The minimum absolute atomic E-state index is 0.0481. The Labute approximate surface area is 282 Å². The minimum atomic E-state index is -4.32. The number of hydrogen-bond acceptors (Lipinski definition) is 3. The molecule has 0 radical (unpaired) electrons. The molecule has 0 saturated heterocycles. The van der Waals surface area contributed by atoms with Crippen LogP contribution in [0.1, 0.15) is 97.0 Å². The van der Waals surface area contributed by atoms with Crippen molar-refractivity contribution in [3.8, 4) is 5.75 Å². The summed E-state index contributed by atoms with van der Waals surface area (Å²) in [5.74, 6) is 1.72. The van der Waals surface area contributed by atoms with E-state index in [2.05, 4.69) is 5.32 Å². The number of fused-ring (bicyclic) bond motifs is 1. The van der Waals surface area contributed by atoms with E-state index in [-0.39, 0.29) is 23.8 Å². The van der Waals surface area contributed by atoms with Crippen LogP contribution in [0.2, 0.25) is 0 Å². The van der Waals surface area contributed by atoms with Gasteiger partial charge in [-0.1, -0.05) is 24.3 Å². The maximum Gasteiger partial charge on any atom is 0.416 e. The van der Waals surface area contributed by atoms with Crippen LogP contribution in [0.25, 0.3) is 11.0 Å². The lowest BCUT2D eigenvalue weighted by Gasteiger charge is -2.29. The predicted molar refractivity (Wildman–Crippen MR) is 175 cm³/mol. The molecule has 0 aliphatic heterocycles. The van der Waals surface area contributed by atoms with Crippen molar-refractivity contribution in [3.63, 3.8) is 0 Å². The second kappa shape index (κ2) is 14.9. The normalized spacial score (nSPS) is 21.8. The van der Waals surface area contributed by atoms with Gasteiger partial charge in [-0.2, -0.15) is 26.3 Å². The van der Waals surface area contributed by atoms with Crippen molar-refractivity contribution in [2.75, 3.05) is 0 Å². The van der Waals surface area contributed by atoms with Gasteiger partial charge in [0.05, 0.1) is 17.2 Å². The summed E-state index contributed by atoms with van der Waals surface area (Å²) in [6.07, 6.45) is 2.22. The summed E-state index contributed by atoms with van der Waals surface area (Å²) < 4.78 is 89.0. The van der Waals surface area contributed by atoms with Gasteiger partial charge in [-0.15, -0.1) is 0 Å². The molecule has 2 aliphatic rings.